The molecule has 2 atom stereocenters. The molecule has 2 unspecified atom stereocenters. The molecule has 0 aromatic heterocycles. The third-order valence-corrected chi connectivity index (χ3v) is 3.56. The average Bonchev–Trinajstić information content (AvgIpc) is 2.30. The van der Waals surface area contributed by atoms with E-state index in [2.05, 4.69) is 43.9 Å². The summed E-state index contributed by atoms with van der Waals surface area (Å²) in [4.78, 5) is 2.47. The molecule has 0 saturated carbocycles. The van der Waals surface area contributed by atoms with E-state index in [1.54, 1.807) is 0 Å². The van der Waals surface area contributed by atoms with Gasteiger partial charge in [-0.2, -0.15) is 0 Å². The Hall–Kier alpha value is -0.900. The first-order valence-electron chi connectivity index (χ1n) is 6.71. The molecular weight excluding hydrogens is 224 g/mol. The molecule has 0 amide bonds. The van der Waals surface area contributed by atoms with Gasteiger partial charge in [0.05, 0.1) is 12.7 Å². The first-order chi connectivity index (χ1) is 8.58. The van der Waals surface area contributed by atoms with E-state index in [0.717, 1.165) is 19.7 Å². The molecule has 0 aliphatic carbocycles. The van der Waals surface area contributed by atoms with Crippen LogP contribution in [0.15, 0.2) is 18.2 Å². The van der Waals surface area contributed by atoms with E-state index in [0.29, 0.717) is 12.6 Å². The quantitative estimate of drug-likeness (QED) is 0.887. The van der Waals surface area contributed by atoms with Crippen molar-refractivity contribution in [2.45, 2.75) is 39.5 Å². The summed E-state index contributed by atoms with van der Waals surface area (Å²) in [7, 11) is 0. The van der Waals surface area contributed by atoms with Crippen molar-refractivity contribution in [1.82, 2.24) is 4.90 Å². The van der Waals surface area contributed by atoms with E-state index in [4.69, 9.17) is 10.5 Å². The van der Waals surface area contributed by atoms with E-state index < -0.39 is 0 Å². The van der Waals surface area contributed by atoms with Crippen molar-refractivity contribution in [3.63, 3.8) is 0 Å². The molecule has 100 valence electrons. The van der Waals surface area contributed by atoms with Gasteiger partial charge in [0.25, 0.3) is 0 Å². The molecular formula is C15H24N2O. The Balaban J connectivity index is 2.06. The molecule has 1 fully saturated rings. The second kappa shape index (κ2) is 5.83. The highest BCUT2D eigenvalue weighted by Gasteiger charge is 2.25. The van der Waals surface area contributed by atoms with Crippen LogP contribution in [0, 0.1) is 13.8 Å². The van der Waals surface area contributed by atoms with Gasteiger partial charge in [-0.15, -0.1) is 0 Å². The van der Waals surface area contributed by atoms with Crippen molar-refractivity contribution in [2.75, 3.05) is 19.7 Å². The minimum Gasteiger partial charge on any atom is -0.374 e. The zero-order chi connectivity index (χ0) is 13.1. The van der Waals surface area contributed by atoms with Crippen LogP contribution in [0.1, 0.15) is 23.6 Å². The van der Waals surface area contributed by atoms with Crippen LogP contribution in [0.4, 0.5) is 0 Å². The summed E-state index contributed by atoms with van der Waals surface area (Å²) in [6, 6.07) is 7.22. The van der Waals surface area contributed by atoms with Gasteiger partial charge in [0.1, 0.15) is 0 Å². The summed E-state index contributed by atoms with van der Waals surface area (Å²) in [6.07, 6.45) is 0.187. The largest absolute Gasteiger partial charge is 0.374 e. The SMILES string of the molecule is Cc1cc(C)cc(CN2CC(CN)OCC2C)c1. The summed E-state index contributed by atoms with van der Waals surface area (Å²) >= 11 is 0. The van der Waals surface area contributed by atoms with Gasteiger partial charge < -0.3 is 10.5 Å². The van der Waals surface area contributed by atoms with Crippen LogP contribution in [0.2, 0.25) is 0 Å². The summed E-state index contributed by atoms with van der Waals surface area (Å²) in [5.74, 6) is 0. The van der Waals surface area contributed by atoms with Gasteiger partial charge in [-0.25, -0.2) is 0 Å². The lowest BCUT2D eigenvalue weighted by molar-refractivity contribution is -0.0567. The van der Waals surface area contributed by atoms with Gasteiger partial charge in [0, 0.05) is 25.7 Å². The molecule has 2 rings (SSSR count). The lowest BCUT2D eigenvalue weighted by Crippen LogP contribution is -2.49. The molecule has 1 aromatic rings. The third kappa shape index (κ3) is 3.31. The van der Waals surface area contributed by atoms with Crippen molar-refractivity contribution in [3.05, 3.63) is 34.9 Å². The fourth-order valence-electron chi connectivity index (χ4n) is 2.63. The molecule has 18 heavy (non-hydrogen) atoms. The first-order valence-corrected chi connectivity index (χ1v) is 6.71. The fourth-order valence-corrected chi connectivity index (χ4v) is 2.63. The number of hydrogen-bond donors (Lipinski definition) is 1. The smallest absolute Gasteiger partial charge is 0.0824 e. The molecule has 3 nitrogen and oxygen atoms in total. The summed E-state index contributed by atoms with van der Waals surface area (Å²) in [6.45, 7) is 9.84. The van der Waals surface area contributed by atoms with Crippen LogP contribution >= 0.6 is 0 Å². The number of morpholine rings is 1. The van der Waals surface area contributed by atoms with Gasteiger partial charge in [0.15, 0.2) is 0 Å². The minimum absolute atomic E-state index is 0.187. The Bertz CT molecular complexity index is 385. The zero-order valence-electron chi connectivity index (χ0n) is 11.6. The summed E-state index contributed by atoms with van der Waals surface area (Å²) in [5.41, 5.74) is 9.76. The predicted molar refractivity (Wildman–Crippen MR) is 74.6 cm³/mol. The van der Waals surface area contributed by atoms with Crippen LogP contribution in [0.5, 0.6) is 0 Å². The second-order valence-corrected chi connectivity index (χ2v) is 5.47. The number of ether oxygens (including phenoxy) is 1. The maximum Gasteiger partial charge on any atom is 0.0824 e. The van der Waals surface area contributed by atoms with Crippen LogP contribution in [0.3, 0.4) is 0 Å². The lowest BCUT2D eigenvalue weighted by atomic mass is 10.1. The summed E-state index contributed by atoms with van der Waals surface area (Å²) < 4.78 is 5.69. The van der Waals surface area contributed by atoms with E-state index in [1.807, 2.05) is 0 Å². The van der Waals surface area contributed by atoms with Gasteiger partial charge in [-0.3, -0.25) is 4.90 Å². The number of hydrogen-bond acceptors (Lipinski definition) is 3. The molecule has 0 radical (unpaired) electrons. The maximum atomic E-state index is 5.70. The van der Waals surface area contributed by atoms with Crippen LogP contribution in [-0.4, -0.2) is 36.7 Å². The Morgan fingerprint density at radius 2 is 1.94 bits per heavy atom. The highest BCUT2D eigenvalue weighted by molar-refractivity contribution is 5.28. The Kier molecular flexibility index (Phi) is 4.38. The van der Waals surface area contributed by atoms with Crippen LogP contribution in [-0.2, 0) is 11.3 Å². The van der Waals surface area contributed by atoms with E-state index in [-0.39, 0.29) is 6.10 Å². The molecule has 3 heteroatoms. The number of aryl methyl sites for hydroxylation is 2. The maximum absolute atomic E-state index is 5.70. The van der Waals surface area contributed by atoms with Crippen molar-refractivity contribution < 1.29 is 4.74 Å². The molecule has 2 N–H and O–H groups in total. The van der Waals surface area contributed by atoms with Crippen LogP contribution < -0.4 is 5.73 Å². The predicted octanol–water partition coefficient (Wildman–Crippen LogP) is 1.85. The first kappa shape index (κ1) is 13.5. The molecule has 1 saturated heterocycles. The Morgan fingerprint density at radius 3 is 2.56 bits per heavy atom. The Morgan fingerprint density at radius 1 is 1.28 bits per heavy atom. The molecule has 1 aliphatic rings. The molecule has 1 aromatic carbocycles. The number of rotatable bonds is 3. The molecule has 1 heterocycles. The van der Waals surface area contributed by atoms with Crippen molar-refractivity contribution >= 4 is 0 Å². The Labute approximate surface area is 110 Å². The number of nitrogens with two attached hydrogens (primary N) is 1. The third-order valence-electron chi connectivity index (χ3n) is 3.56. The standard InChI is InChI=1S/C15H24N2O/c1-11-4-12(2)6-14(5-11)8-17-9-15(7-16)18-10-13(17)3/h4-6,13,15H,7-10,16H2,1-3H3. The van der Waals surface area contributed by atoms with Gasteiger partial charge in [0.2, 0.25) is 0 Å². The second-order valence-electron chi connectivity index (χ2n) is 5.47. The monoisotopic (exact) mass is 248 g/mol. The summed E-state index contributed by atoms with van der Waals surface area (Å²) in [5, 5.41) is 0. The van der Waals surface area contributed by atoms with Crippen molar-refractivity contribution in [2.24, 2.45) is 5.73 Å². The zero-order valence-corrected chi connectivity index (χ0v) is 11.6. The van der Waals surface area contributed by atoms with Crippen molar-refractivity contribution in [1.29, 1.82) is 0 Å². The minimum atomic E-state index is 0.187. The van der Waals surface area contributed by atoms with Gasteiger partial charge >= 0.3 is 0 Å². The van der Waals surface area contributed by atoms with E-state index in [1.165, 1.54) is 16.7 Å². The fraction of sp³-hybridized carbons (Fsp3) is 0.600. The highest BCUT2D eigenvalue weighted by Crippen LogP contribution is 2.17. The molecule has 0 bridgehead atoms. The van der Waals surface area contributed by atoms with E-state index >= 15 is 0 Å². The van der Waals surface area contributed by atoms with Crippen LogP contribution in [0.25, 0.3) is 0 Å². The lowest BCUT2D eigenvalue weighted by Gasteiger charge is -2.37. The normalized spacial score (nSPS) is 25.3. The van der Waals surface area contributed by atoms with E-state index in [9.17, 15) is 0 Å². The molecule has 0 spiro atoms. The van der Waals surface area contributed by atoms with Crippen molar-refractivity contribution in [3.8, 4) is 0 Å². The highest BCUT2D eigenvalue weighted by atomic mass is 16.5. The topological polar surface area (TPSA) is 38.5 Å². The van der Waals surface area contributed by atoms with Gasteiger partial charge in [-0.1, -0.05) is 29.3 Å². The number of benzene rings is 1. The molecule has 1 aliphatic heterocycles. The number of nitrogens with zero attached hydrogens (tertiary/aromatic N) is 1. The average molecular weight is 248 g/mol. The van der Waals surface area contributed by atoms with Gasteiger partial charge in [-0.05, 0) is 26.3 Å².